The van der Waals surface area contributed by atoms with Gasteiger partial charge in [0.25, 0.3) is 0 Å². The maximum Gasteiger partial charge on any atom is 0.127 e. The van der Waals surface area contributed by atoms with E-state index in [2.05, 4.69) is 33.2 Å². The van der Waals surface area contributed by atoms with Crippen LogP contribution < -0.4 is 5.32 Å². The van der Waals surface area contributed by atoms with Crippen molar-refractivity contribution in [2.24, 2.45) is 5.92 Å². The van der Waals surface area contributed by atoms with Crippen molar-refractivity contribution < 1.29 is 0 Å². The van der Waals surface area contributed by atoms with Gasteiger partial charge in [-0.3, -0.25) is 0 Å². The first-order chi connectivity index (χ1) is 6.75. The van der Waals surface area contributed by atoms with Crippen molar-refractivity contribution in [2.45, 2.75) is 32.2 Å². The fourth-order valence-corrected chi connectivity index (χ4v) is 2.12. The molecule has 0 amide bonds. The second-order valence-corrected chi connectivity index (χ2v) is 4.78. The SMILES string of the molecule is CC(Nc1cccc(Br)n1)C1CCC1. The first-order valence-corrected chi connectivity index (χ1v) is 5.94. The number of rotatable bonds is 3. The summed E-state index contributed by atoms with van der Waals surface area (Å²) in [5.41, 5.74) is 0. The third-order valence-electron chi connectivity index (χ3n) is 2.95. The highest BCUT2D eigenvalue weighted by Crippen LogP contribution is 2.30. The van der Waals surface area contributed by atoms with E-state index < -0.39 is 0 Å². The lowest BCUT2D eigenvalue weighted by molar-refractivity contribution is 0.285. The molecule has 2 nitrogen and oxygen atoms in total. The van der Waals surface area contributed by atoms with Crippen LogP contribution in [0.1, 0.15) is 26.2 Å². The molecular formula is C11H15BrN2. The maximum absolute atomic E-state index is 4.36. The molecule has 1 atom stereocenters. The van der Waals surface area contributed by atoms with Crippen LogP contribution in [0, 0.1) is 5.92 Å². The molecule has 1 aromatic heterocycles. The van der Waals surface area contributed by atoms with Crippen LogP contribution in [0.3, 0.4) is 0 Å². The number of hydrogen-bond donors (Lipinski definition) is 1. The van der Waals surface area contributed by atoms with Crippen molar-refractivity contribution in [3.05, 3.63) is 22.8 Å². The smallest absolute Gasteiger partial charge is 0.127 e. The molecule has 1 aliphatic rings. The Morgan fingerprint density at radius 3 is 2.86 bits per heavy atom. The molecule has 1 saturated carbocycles. The second kappa shape index (κ2) is 4.30. The number of pyridine rings is 1. The summed E-state index contributed by atoms with van der Waals surface area (Å²) in [4.78, 5) is 4.36. The number of nitrogens with one attached hydrogen (secondary N) is 1. The Morgan fingerprint density at radius 1 is 1.50 bits per heavy atom. The molecule has 0 radical (unpaired) electrons. The topological polar surface area (TPSA) is 24.9 Å². The minimum atomic E-state index is 0.547. The lowest BCUT2D eigenvalue weighted by atomic mass is 9.80. The summed E-state index contributed by atoms with van der Waals surface area (Å²) in [6, 6.07) is 6.51. The molecule has 1 N–H and O–H groups in total. The Morgan fingerprint density at radius 2 is 2.29 bits per heavy atom. The van der Waals surface area contributed by atoms with E-state index in [4.69, 9.17) is 0 Å². The van der Waals surface area contributed by atoms with Gasteiger partial charge in [-0.1, -0.05) is 12.5 Å². The van der Waals surface area contributed by atoms with Crippen LogP contribution in [-0.2, 0) is 0 Å². The number of aromatic nitrogens is 1. The summed E-state index contributed by atoms with van der Waals surface area (Å²) >= 11 is 3.37. The molecule has 1 heterocycles. The predicted octanol–water partition coefficient (Wildman–Crippen LogP) is 3.44. The van der Waals surface area contributed by atoms with E-state index in [1.807, 2.05) is 18.2 Å². The zero-order chi connectivity index (χ0) is 9.97. The Hall–Kier alpha value is -0.570. The van der Waals surface area contributed by atoms with Gasteiger partial charge in [0.1, 0.15) is 10.4 Å². The third-order valence-corrected chi connectivity index (χ3v) is 3.39. The highest BCUT2D eigenvalue weighted by molar-refractivity contribution is 9.10. The maximum atomic E-state index is 4.36. The van der Waals surface area contributed by atoms with Crippen LogP contribution in [0.5, 0.6) is 0 Å². The zero-order valence-electron chi connectivity index (χ0n) is 8.33. The summed E-state index contributed by atoms with van der Waals surface area (Å²) in [6.07, 6.45) is 4.12. The summed E-state index contributed by atoms with van der Waals surface area (Å²) in [5.74, 6) is 1.81. The Kier molecular flexibility index (Phi) is 3.06. The molecule has 14 heavy (non-hydrogen) atoms. The summed E-state index contributed by atoms with van der Waals surface area (Å²) in [6.45, 7) is 2.24. The van der Waals surface area contributed by atoms with Gasteiger partial charge in [-0.15, -0.1) is 0 Å². The molecule has 2 rings (SSSR count). The second-order valence-electron chi connectivity index (χ2n) is 3.97. The molecule has 0 saturated heterocycles. The van der Waals surface area contributed by atoms with Gasteiger partial charge in [0.15, 0.2) is 0 Å². The molecule has 76 valence electrons. The minimum Gasteiger partial charge on any atom is -0.367 e. The molecule has 0 aliphatic heterocycles. The van der Waals surface area contributed by atoms with Gasteiger partial charge in [0.2, 0.25) is 0 Å². The fourth-order valence-electron chi connectivity index (χ4n) is 1.78. The van der Waals surface area contributed by atoms with Crippen molar-refractivity contribution >= 4 is 21.7 Å². The van der Waals surface area contributed by atoms with Gasteiger partial charge in [-0.25, -0.2) is 4.98 Å². The number of nitrogens with zero attached hydrogens (tertiary/aromatic N) is 1. The van der Waals surface area contributed by atoms with Crippen LogP contribution in [0.4, 0.5) is 5.82 Å². The minimum absolute atomic E-state index is 0.547. The number of anilines is 1. The average molecular weight is 255 g/mol. The van der Waals surface area contributed by atoms with E-state index in [1.54, 1.807) is 0 Å². The molecule has 1 fully saturated rings. The van der Waals surface area contributed by atoms with Crippen molar-refractivity contribution in [3.63, 3.8) is 0 Å². The first kappa shape index (κ1) is 9.97. The van der Waals surface area contributed by atoms with Gasteiger partial charge in [0.05, 0.1) is 0 Å². The van der Waals surface area contributed by atoms with Crippen molar-refractivity contribution in [2.75, 3.05) is 5.32 Å². The molecule has 0 spiro atoms. The van der Waals surface area contributed by atoms with Crippen LogP contribution >= 0.6 is 15.9 Å². The zero-order valence-corrected chi connectivity index (χ0v) is 9.92. The highest BCUT2D eigenvalue weighted by Gasteiger charge is 2.23. The molecule has 3 heteroatoms. The van der Waals surface area contributed by atoms with E-state index in [0.29, 0.717) is 6.04 Å². The molecule has 1 aromatic rings. The lowest BCUT2D eigenvalue weighted by Gasteiger charge is -2.32. The van der Waals surface area contributed by atoms with Crippen molar-refractivity contribution in [3.8, 4) is 0 Å². The Labute approximate surface area is 93.3 Å². The molecular weight excluding hydrogens is 240 g/mol. The van der Waals surface area contributed by atoms with E-state index in [-0.39, 0.29) is 0 Å². The van der Waals surface area contributed by atoms with Crippen LogP contribution in [0.2, 0.25) is 0 Å². The van der Waals surface area contributed by atoms with Gasteiger partial charge >= 0.3 is 0 Å². The lowest BCUT2D eigenvalue weighted by Crippen LogP contribution is -2.31. The quantitative estimate of drug-likeness (QED) is 0.837. The normalized spacial score (nSPS) is 18.7. The summed E-state index contributed by atoms with van der Waals surface area (Å²) in [5, 5.41) is 3.44. The summed E-state index contributed by atoms with van der Waals surface area (Å²) < 4.78 is 0.892. The predicted molar refractivity (Wildman–Crippen MR) is 62.4 cm³/mol. The first-order valence-electron chi connectivity index (χ1n) is 5.15. The molecule has 0 bridgehead atoms. The van der Waals surface area contributed by atoms with Gasteiger partial charge in [-0.2, -0.15) is 0 Å². The van der Waals surface area contributed by atoms with Crippen LogP contribution in [0.25, 0.3) is 0 Å². The number of hydrogen-bond acceptors (Lipinski definition) is 2. The van der Waals surface area contributed by atoms with Crippen LogP contribution in [0.15, 0.2) is 22.8 Å². The highest BCUT2D eigenvalue weighted by atomic mass is 79.9. The van der Waals surface area contributed by atoms with Crippen LogP contribution in [-0.4, -0.2) is 11.0 Å². The van der Waals surface area contributed by atoms with Crippen molar-refractivity contribution in [1.29, 1.82) is 0 Å². The summed E-state index contributed by atoms with van der Waals surface area (Å²) in [7, 11) is 0. The Bertz CT molecular complexity index is 310. The molecule has 1 unspecified atom stereocenters. The fraction of sp³-hybridized carbons (Fsp3) is 0.545. The van der Waals surface area contributed by atoms with Gasteiger partial charge in [-0.05, 0) is 53.7 Å². The molecule has 1 aliphatic carbocycles. The van der Waals surface area contributed by atoms with E-state index in [1.165, 1.54) is 19.3 Å². The van der Waals surface area contributed by atoms with Crippen molar-refractivity contribution in [1.82, 2.24) is 4.98 Å². The van der Waals surface area contributed by atoms with Gasteiger partial charge < -0.3 is 5.32 Å². The van der Waals surface area contributed by atoms with Gasteiger partial charge in [0, 0.05) is 6.04 Å². The van der Waals surface area contributed by atoms with E-state index in [9.17, 15) is 0 Å². The number of halogens is 1. The largest absolute Gasteiger partial charge is 0.367 e. The third kappa shape index (κ3) is 2.27. The monoisotopic (exact) mass is 254 g/mol. The average Bonchev–Trinajstić information content (AvgIpc) is 1.99. The Balaban J connectivity index is 1.95. The van der Waals surface area contributed by atoms with E-state index in [0.717, 1.165) is 16.3 Å². The van der Waals surface area contributed by atoms with E-state index >= 15 is 0 Å². The molecule has 0 aromatic carbocycles. The standard InChI is InChI=1S/C11H15BrN2/c1-8(9-4-2-5-9)13-11-7-3-6-10(12)14-11/h3,6-9H,2,4-5H2,1H3,(H,13,14).